The summed E-state index contributed by atoms with van der Waals surface area (Å²) in [7, 11) is 0. The van der Waals surface area contributed by atoms with Gasteiger partial charge in [0, 0.05) is 44.9 Å². The number of hydrogen-bond acceptors (Lipinski definition) is 7. The van der Waals surface area contributed by atoms with E-state index in [9.17, 15) is 23.2 Å². The van der Waals surface area contributed by atoms with Gasteiger partial charge in [-0.1, -0.05) is 18.2 Å². The number of piperazine rings is 1. The van der Waals surface area contributed by atoms with Crippen LogP contribution in [0.3, 0.4) is 0 Å². The summed E-state index contributed by atoms with van der Waals surface area (Å²) in [5, 5.41) is 20.1. The van der Waals surface area contributed by atoms with Crippen molar-refractivity contribution in [2.24, 2.45) is 0 Å². The maximum absolute atomic E-state index is 12.9. The van der Waals surface area contributed by atoms with E-state index >= 15 is 0 Å². The second kappa shape index (κ2) is 13.5. The quantitative estimate of drug-likeness (QED) is 0.195. The van der Waals surface area contributed by atoms with Gasteiger partial charge in [0.15, 0.2) is 5.78 Å². The van der Waals surface area contributed by atoms with Crippen LogP contribution in [0.25, 0.3) is 16.3 Å². The van der Waals surface area contributed by atoms with Gasteiger partial charge in [0.05, 0.1) is 32.0 Å². The van der Waals surface area contributed by atoms with Crippen molar-refractivity contribution in [2.75, 3.05) is 64.1 Å². The van der Waals surface area contributed by atoms with Crippen LogP contribution in [0.4, 0.5) is 18.9 Å². The van der Waals surface area contributed by atoms with Crippen LogP contribution in [0.2, 0.25) is 0 Å². The molecule has 7 nitrogen and oxygen atoms in total. The number of Topliss-reactive ketones (excluding diaryl/α,β-unsaturated/α-hetero) is 1. The van der Waals surface area contributed by atoms with Crippen molar-refractivity contribution in [1.29, 1.82) is 5.26 Å². The molecule has 0 saturated carbocycles. The number of ketones is 1. The lowest BCUT2D eigenvalue weighted by molar-refractivity contribution is -0.246. The third-order valence-corrected chi connectivity index (χ3v) is 6.33. The maximum Gasteiger partial charge on any atom is 0.460 e. The number of halogens is 3. The first-order chi connectivity index (χ1) is 17.7. The zero-order valence-corrected chi connectivity index (χ0v) is 20.9. The van der Waals surface area contributed by atoms with Crippen LogP contribution < -0.4 is 4.90 Å². The summed E-state index contributed by atoms with van der Waals surface area (Å²) >= 11 is 0. The van der Waals surface area contributed by atoms with Crippen molar-refractivity contribution in [3.63, 3.8) is 0 Å². The highest BCUT2D eigenvalue weighted by Gasteiger charge is 2.38. The van der Waals surface area contributed by atoms with Gasteiger partial charge >= 0.3 is 6.30 Å². The third kappa shape index (κ3) is 8.01. The number of aliphatic hydroxyl groups excluding tert-OH is 1. The van der Waals surface area contributed by atoms with E-state index in [0.717, 1.165) is 22.0 Å². The number of alkyl halides is 3. The van der Waals surface area contributed by atoms with E-state index < -0.39 is 6.30 Å². The van der Waals surface area contributed by atoms with E-state index in [0.29, 0.717) is 49.8 Å². The maximum atomic E-state index is 12.9. The summed E-state index contributed by atoms with van der Waals surface area (Å²) in [5.74, 6) is -0.242. The van der Waals surface area contributed by atoms with E-state index in [1.165, 1.54) is 0 Å². The predicted molar refractivity (Wildman–Crippen MR) is 135 cm³/mol. The van der Waals surface area contributed by atoms with Gasteiger partial charge < -0.3 is 19.5 Å². The summed E-state index contributed by atoms with van der Waals surface area (Å²) in [4.78, 5) is 15.1. The van der Waals surface area contributed by atoms with Crippen LogP contribution in [-0.4, -0.2) is 81.3 Å². The fraction of sp³-hybridized carbons (Fsp3) is 0.481. The Labute approximate surface area is 214 Å². The van der Waals surface area contributed by atoms with Crippen LogP contribution in [0.5, 0.6) is 0 Å². The zero-order chi connectivity index (χ0) is 26.8. The molecule has 37 heavy (non-hydrogen) atoms. The lowest BCUT2D eigenvalue weighted by Crippen LogP contribution is -2.51. The topological polar surface area (TPSA) is 86.0 Å². The highest BCUT2D eigenvalue weighted by atomic mass is 19.4. The van der Waals surface area contributed by atoms with Crippen LogP contribution >= 0.6 is 0 Å². The fourth-order valence-corrected chi connectivity index (χ4v) is 4.23. The Bertz CT molecular complexity index is 1140. The molecule has 0 aromatic heterocycles. The molecule has 2 aromatic carbocycles. The van der Waals surface area contributed by atoms with Crippen molar-refractivity contribution >= 4 is 27.8 Å². The molecule has 1 aliphatic rings. The molecule has 200 valence electrons. The molecule has 0 amide bonds. The molecule has 0 radical (unpaired) electrons. The summed E-state index contributed by atoms with van der Waals surface area (Å²) in [6.07, 6.45) is -3.63. The van der Waals surface area contributed by atoms with Crippen molar-refractivity contribution in [3.05, 3.63) is 47.5 Å². The Morgan fingerprint density at radius 3 is 2.30 bits per heavy atom. The standard InChI is InChI=1S/C27H32F3N3O4/c1-20(25(19-31)26(35)3-2-13-36-15-16-37-14-12-34)21-4-5-23-18-24(7-6-22(23)17-21)32-8-10-33(11-9-32)27(28,29)30/h4-7,17-18,34H,2-3,8-16H2,1H3/b25-20+. The van der Waals surface area contributed by atoms with Gasteiger partial charge in [-0.15, -0.1) is 0 Å². The molecule has 3 rings (SSSR count). The molecule has 1 fully saturated rings. The normalized spacial score (nSPS) is 15.5. The molecule has 0 spiro atoms. The first-order valence-electron chi connectivity index (χ1n) is 12.3. The second-order valence-corrected chi connectivity index (χ2v) is 8.78. The molecule has 0 atom stereocenters. The fourth-order valence-electron chi connectivity index (χ4n) is 4.23. The average Bonchev–Trinajstić information content (AvgIpc) is 2.89. The number of hydrogen-bond donors (Lipinski definition) is 1. The molecule has 2 aromatic rings. The monoisotopic (exact) mass is 519 g/mol. The number of fused-ring (bicyclic) bond motifs is 1. The molecule has 0 unspecified atom stereocenters. The number of ether oxygens (including phenoxy) is 2. The number of carbonyl (C=O) groups excluding carboxylic acids is 1. The molecule has 1 aliphatic heterocycles. The van der Waals surface area contributed by atoms with E-state index in [-0.39, 0.29) is 44.1 Å². The number of rotatable bonds is 12. The van der Waals surface area contributed by atoms with Crippen molar-refractivity contribution in [1.82, 2.24) is 4.90 Å². The SMILES string of the molecule is C/C(=C(/C#N)C(=O)CCCOCCOCCO)c1ccc2cc(N3CCN(C(F)(F)F)CC3)ccc2c1. The summed E-state index contributed by atoms with van der Waals surface area (Å²) in [6, 6.07) is 13.5. The van der Waals surface area contributed by atoms with Crippen LogP contribution in [-0.2, 0) is 14.3 Å². The summed E-state index contributed by atoms with van der Waals surface area (Å²) in [5.41, 5.74) is 2.34. The Balaban J connectivity index is 1.61. The minimum Gasteiger partial charge on any atom is -0.394 e. The summed E-state index contributed by atoms with van der Waals surface area (Å²) < 4.78 is 49.2. The van der Waals surface area contributed by atoms with Gasteiger partial charge in [0.2, 0.25) is 0 Å². The van der Waals surface area contributed by atoms with Gasteiger partial charge in [0.1, 0.15) is 6.07 Å². The number of nitrogens with zero attached hydrogens (tertiary/aromatic N) is 3. The number of carbonyl (C=O) groups is 1. The molecule has 0 aliphatic carbocycles. The number of aliphatic hydroxyl groups is 1. The van der Waals surface area contributed by atoms with Gasteiger partial charge in [-0.25, -0.2) is 4.90 Å². The Kier molecular flexibility index (Phi) is 10.5. The van der Waals surface area contributed by atoms with Crippen molar-refractivity contribution < 1.29 is 32.5 Å². The van der Waals surface area contributed by atoms with Crippen LogP contribution in [0.15, 0.2) is 42.0 Å². The van der Waals surface area contributed by atoms with E-state index in [1.807, 2.05) is 47.4 Å². The van der Waals surface area contributed by atoms with E-state index in [2.05, 4.69) is 0 Å². The van der Waals surface area contributed by atoms with E-state index in [4.69, 9.17) is 14.6 Å². The average molecular weight is 520 g/mol. The third-order valence-electron chi connectivity index (χ3n) is 6.33. The first-order valence-corrected chi connectivity index (χ1v) is 12.3. The molecular weight excluding hydrogens is 487 g/mol. The minimum absolute atomic E-state index is 0.0404. The molecule has 1 heterocycles. The Morgan fingerprint density at radius 2 is 1.65 bits per heavy atom. The molecule has 1 N–H and O–H groups in total. The van der Waals surface area contributed by atoms with Crippen LogP contribution in [0.1, 0.15) is 25.3 Å². The number of anilines is 1. The number of nitriles is 1. The van der Waals surface area contributed by atoms with Crippen molar-refractivity contribution in [3.8, 4) is 6.07 Å². The largest absolute Gasteiger partial charge is 0.460 e. The van der Waals surface area contributed by atoms with Gasteiger partial charge in [-0.05, 0) is 53.5 Å². The summed E-state index contributed by atoms with van der Waals surface area (Å²) in [6.45, 7) is 3.53. The zero-order valence-electron chi connectivity index (χ0n) is 20.9. The predicted octanol–water partition coefficient (Wildman–Crippen LogP) is 4.15. The molecule has 10 heteroatoms. The second-order valence-electron chi connectivity index (χ2n) is 8.78. The molecule has 1 saturated heterocycles. The van der Waals surface area contributed by atoms with E-state index in [1.54, 1.807) is 6.92 Å². The smallest absolute Gasteiger partial charge is 0.394 e. The lowest BCUT2D eigenvalue weighted by atomic mass is 9.95. The lowest BCUT2D eigenvalue weighted by Gasteiger charge is -2.36. The van der Waals surface area contributed by atoms with Crippen LogP contribution in [0, 0.1) is 11.3 Å². The molecular formula is C27H32F3N3O4. The minimum atomic E-state index is -4.30. The number of allylic oxidation sites excluding steroid dienone is 2. The van der Waals surface area contributed by atoms with Gasteiger partial charge in [-0.2, -0.15) is 18.4 Å². The first kappa shape index (κ1) is 28.6. The molecule has 0 bridgehead atoms. The van der Waals surface area contributed by atoms with Gasteiger partial charge in [0.25, 0.3) is 0 Å². The highest BCUT2D eigenvalue weighted by Crippen LogP contribution is 2.29. The van der Waals surface area contributed by atoms with Crippen molar-refractivity contribution in [2.45, 2.75) is 26.1 Å². The number of benzene rings is 2. The highest BCUT2D eigenvalue weighted by molar-refractivity contribution is 6.06. The van der Waals surface area contributed by atoms with Gasteiger partial charge in [-0.3, -0.25) is 4.79 Å². The Hall–Kier alpha value is -2.97. The Morgan fingerprint density at radius 1 is 1.00 bits per heavy atom.